The van der Waals surface area contributed by atoms with E-state index in [1.54, 1.807) is 53.8 Å². The van der Waals surface area contributed by atoms with E-state index >= 15 is 0 Å². The Kier molecular flexibility index (Phi) is 7.93. The van der Waals surface area contributed by atoms with Crippen molar-refractivity contribution in [2.24, 2.45) is 17.9 Å². The number of benzene rings is 2. The van der Waals surface area contributed by atoms with E-state index in [0.29, 0.717) is 44.8 Å². The van der Waals surface area contributed by atoms with Crippen LogP contribution in [-0.4, -0.2) is 54.4 Å². The molecule has 0 spiro atoms. The molecule has 13 heteroatoms. The lowest BCUT2D eigenvalue weighted by atomic mass is 9.43. The quantitative estimate of drug-likeness (QED) is 0.294. The molecular formula is C39H43N5O8. The summed E-state index contributed by atoms with van der Waals surface area (Å²) in [5.74, 6) is 0.111. The van der Waals surface area contributed by atoms with Gasteiger partial charge in [0.2, 0.25) is 0 Å². The van der Waals surface area contributed by atoms with Crippen molar-refractivity contribution < 1.29 is 24.2 Å². The first kappa shape index (κ1) is 35.0. The maximum absolute atomic E-state index is 14.5. The number of aromatic nitrogens is 5. The fourth-order valence-electron chi connectivity index (χ4n) is 9.06. The number of aryl methyl sites for hydroxylation is 4. The van der Waals surface area contributed by atoms with E-state index in [4.69, 9.17) is 9.47 Å². The van der Waals surface area contributed by atoms with Gasteiger partial charge in [0.1, 0.15) is 11.4 Å². The normalized spacial score (nSPS) is 24.1. The monoisotopic (exact) mass is 709 g/mol. The molecule has 7 rings (SSSR count). The van der Waals surface area contributed by atoms with Crippen molar-refractivity contribution in [2.45, 2.75) is 79.4 Å². The van der Waals surface area contributed by atoms with Crippen LogP contribution in [0, 0.1) is 24.7 Å². The van der Waals surface area contributed by atoms with Gasteiger partial charge >= 0.3 is 11.4 Å². The second-order valence-corrected chi connectivity index (χ2v) is 14.8. The highest BCUT2D eigenvalue weighted by Crippen LogP contribution is 2.66. The Hall–Kier alpha value is -5.46. The molecule has 1 N–H and O–H groups in total. The van der Waals surface area contributed by atoms with Crippen LogP contribution in [0.15, 0.2) is 61.4 Å². The predicted molar refractivity (Wildman–Crippen MR) is 193 cm³/mol. The van der Waals surface area contributed by atoms with Crippen molar-refractivity contribution in [1.29, 1.82) is 0 Å². The van der Waals surface area contributed by atoms with E-state index in [1.807, 2.05) is 25.1 Å². The predicted octanol–water partition coefficient (Wildman–Crippen LogP) is 3.81. The molecule has 0 bridgehead atoms. The van der Waals surface area contributed by atoms with Gasteiger partial charge in [-0.05, 0) is 67.5 Å². The number of carbonyl (C=O) groups is 2. The lowest BCUT2D eigenvalue weighted by Crippen LogP contribution is -2.61. The number of phenolic OH excluding ortho intramolecular Hbond substituents is 1. The van der Waals surface area contributed by atoms with Gasteiger partial charge in [-0.2, -0.15) is 0 Å². The summed E-state index contributed by atoms with van der Waals surface area (Å²) in [7, 11) is 4.63. The molecule has 1 fully saturated rings. The van der Waals surface area contributed by atoms with Gasteiger partial charge in [0.05, 0.1) is 43.3 Å². The number of ether oxygens (including phenoxy) is 2. The highest BCUT2D eigenvalue weighted by atomic mass is 16.5. The van der Waals surface area contributed by atoms with Crippen molar-refractivity contribution in [1.82, 2.24) is 23.5 Å². The van der Waals surface area contributed by atoms with Crippen molar-refractivity contribution in [3.63, 3.8) is 0 Å². The number of fused-ring (bicyclic) bond motifs is 5. The van der Waals surface area contributed by atoms with E-state index in [9.17, 15) is 29.1 Å². The van der Waals surface area contributed by atoms with Crippen molar-refractivity contribution in [3.05, 3.63) is 101 Å². The third-order valence-electron chi connectivity index (χ3n) is 12.3. The van der Waals surface area contributed by atoms with Gasteiger partial charge in [0.15, 0.2) is 23.1 Å². The minimum Gasteiger partial charge on any atom is -0.507 e. The van der Waals surface area contributed by atoms with Crippen LogP contribution >= 0.6 is 0 Å². The number of aromatic hydroxyl groups is 1. The topological polar surface area (TPSA) is 157 Å². The van der Waals surface area contributed by atoms with E-state index in [-0.39, 0.29) is 54.5 Å². The lowest BCUT2D eigenvalue weighted by Gasteiger charge is -2.58. The van der Waals surface area contributed by atoms with Crippen LogP contribution in [0.25, 0.3) is 11.0 Å². The molecule has 52 heavy (non-hydrogen) atoms. The Balaban J connectivity index is 1.34. The third-order valence-corrected chi connectivity index (χ3v) is 12.3. The SMILES string of the molecule is COc1cc2nc(CCn3c(=O)n4n(c3=O)[C@@H]3C[C@@]5(C)C(=O)C(C)=C(C)C(=O)[C@@]5(C)[C@@H](c5cc(C)c(O)c(C)c5)C3=CC4)c(=O)n(C)c2cc1OC. The highest BCUT2D eigenvalue weighted by molar-refractivity contribution is 6.17. The van der Waals surface area contributed by atoms with Crippen molar-refractivity contribution in [2.75, 3.05) is 14.2 Å². The molecule has 272 valence electrons. The van der Waals surface area contributed by atoms with Gasteiger partial charge in [-0.15, -0.1) is 0 Å². The molecule has 4 atom stereocenters. The summed E-state index contributed by atoms with van der Waals surface area (Å²) < 4.78 is 16.2. The number of allylic oxidation sites excluding steroid dienone is 4. The molecule has 2 aromatic heterocycles. The molecule has 2 aliphatic carbocycles. The molecule has 1 aliphatic heterocycles. The molecule has 0 saturated heterocycles. The maximum Gasteiger partial charge on any atom is 0.347 e. The molecule has 3 heterocycles. The number of Topliss-reactive ketones (excluding diaryl/α,β-unsaturated/α-hetero) is 2. The van der Waals surface area contributed by atoms with E-state index in [1.165, 1.54) is 28.2 Å². The molecule has 4 aromatic rings. The van der Waals surface area contributed by atoms with Crippen LogP contribution in [0.5, 0.6) is 17.2 Å². The van der Waals surface area contributed by atoms with Crippen LogP contribution in [0.2, 0.25) is 0 Å². The van der Waals surface area contributed by atoms with E-state index in [0.717, 1.165) is 15.7 Å². The van der Waals surface area contributed by atoms with Crippen LogP contribution in [0.4, 0.5) is 0 Å². The van der Waals surface area contributed by atoms with Gasteiger partial charge in [-0.3, -0.25) is 14.4 Å². The minimum atomic E-state index is -1.23. The molecule has 1 saturated carbocycles. The maximum atomic E-state index is 14.5. The molecule has 3 aliphatic rings. The minimum absolute atomic E-state index is 0.00178. The fourth-order valence-corrected chi connectivity index (χ4v) is 9.06. The second-order valence-electron chi connectivity index (χ2n) is 14.8. The average molecular weight is 710 g/mol. The summed E-state index contributed by atoms with van der Waals surface area (Å²) in [4.78, 5) is 75.2. The van der Waals surface area contributed by atoms with Gasteiger partial charge < -0.3 is 19.1 Å². The Morgan fingerprint density at radius 3 is 2.13 bits per heavy atom. The molecule has 0 amide bonds. The average Bonchev–Trinajstić information content (AvgIpc) is 3.37. The van der Waals surface area contributed by atoms with Gasteiger partial charge in [-0.1, -0.05) is 32.1 Å². The summed E-state index contributed by atoms with van der Waals surface area (Å²) in [5, 5.41) is 10.7. The smallest absolute Gasteiger partial charge is 0.347 e. The first-order valence-electron chi connectivity index (χ1n) is 17.3. The zero-order valence-electron chi connectivity index (χ0n) is 30.9. The molecule has 0 radical (unpaired) electrons. The standard InChI is InChI=1S/C39H43N5O8/c1-19-14-23(15-20(2)32(19)45)31-24-10-13-43-36(49)42(12-11-25-35(48)41(7)27-17-30(52-9)29(51-8)16-26(27)40-25)37(50)44(43)28(24)18-38(5)33(46)21(3)22(4)34(47)39(31,38)6/h10,14-17,28,31,45H,11-13,18H2,1-9H3/t28-,31+,38+,39-/m1/s1. The third kappa shape index (κ3) is 4.53. The Morgan fingerprint density at radius 2 is 1.50 bits per heavy atom. The zero-order chi connectivity index (χ0) is 37.8. The van der Waals surface area contributed by atoms with Gasteiger partial charge in [0.25, 0.3) is 5.56 Å². The molecule has 2 aromatic carbocycles. The second kappa shape index (κ2) is 11.8. The van der Waals surface area contributed by atoms with E-state index < -0.39 is 34.2 Å². The molecule has 0 unspecified atom stereocenters. The Morgan fingerprint density at radius 1 is 0.885 bits per heavy atom. The number of methoxy groups -OCH3 is 2. The van der Waals surface area contributed by atoms with Crippen LogP contribution in [-0.2, 0) is 36.1 Å². The largest absolute Gasteiger partial charge is 0.507 e. The summed E-state index contributed by atoms with van der Waals surface area (Å²) in [6, 6.07) is 6.31. The highest BCUT2D eigenvalue weighted by Gasteiger charge is 2.66. The van der Waals surface area contributed by atoms with Crippen LogP contribution in [0.3, 0.4) is 0 Å². The number of ketones is 2. The fraction of sp³-hybridized carbons (Fsp3) is 0.436. The number of hydrogen-bond acceptors (Lipinski definition) is 9. The summed E-state index contributed by atoms with van der Waals surface area (Å²) >= 11 is 0. The first-order chi connectivity index (χ1) is 24.5. The van der Waals surface area contributed by atoms with Crippen LogP contribution in [0.1, 0.15) is 68.5 Å². The van der Waals surface area contributed by atoms with Crippen molar-refractivity contribution >= 4 is 22.6 Å². The molecular weight excluding hydrogens is 666 g/mol. The number of phenols is 1. The van der Waals surface area contributed by atoms with Gasteiger partial charge in [0, 0.05) is 43.5 Å². The number of nitrogens with zero attached hydrogens (tertiary/aromatic N) is 5. The first-order valence-corrected chi connectivity index (χ1v) is 17.3. The lowest BCUT2D eigenvalue weighted by molar-refractivity contribution is -0.151. The van der Waals surface area contributed by atoms with E-state index in [2.05, 4.69) is 4.98 Å². The van der Waals surface area contributed by atoms with Gasteiger partial charge in [-0.25, -0.2) is 28.5 Å². The molecule has 13 nitrogen and oxygen atoms in total. The number of rotatable bonds is 6. The zero-order valence-corrected chi connectivity index (χ0v) is 30.9. The van der Waals surface area contributed by atoms with Crippen LogP contribution < -0.4 is 26.4 Å². The Bertz CT molecular complexity index is 2490. The summed E-state index contributed by atoms with van der Waals surface area (Å²) in [6.07, 6.45) is 2.03. The Labute approximate surface area is 299 Å². The number of carbonyl (C=O) groups excluding carboxylic acids is 2. The van der Waals surface area contributed by atoms with Crippen molar-refractivity contribution in [3.8, 4) is 17.2 Å². The number of hydrogen-bond donors (Lipinski definition) is 1. The summed E-state index contributed by atoms with van der Waals surface area (Å²) in [5.41, 5.74) is 0.838. The summed E-state index contributed by atoms with van der Waals surface area (Å²) in [6.45, 7) is 10.6.